The molecule has 2 rings (SSSR count). The SMILES string of the molecule is C/C(=C\S(=O)(=O)NCc1nccnc1N)c1ccc(Cl)s1. The number of nitrogens with two attached hydrogens (primary N) is 1. The molecule has 112 valence electrons. The minimum Gasteiger partial charge on any atom is -0.382 e. The van der Waals surface area contributed by atoms with Crippen molar-refractivity contribution in [3.63, 3.8) is 0 Å². The van der Waals surface area contributed by atoms with Crippen LogP contribution in [0.3, 0.4) is 0 Å². The highest BCUT2D eigenvalue weighted by atomic mass is 35.5. The van der Waals surface area contributed by atoms with Gasteiger partial charge in [0.2, 0.25) is 10.0 Å². The van der Waals surface area contributed by atoms with Crippen LogP contribution in [-0.4, -0.2) is 18.4 Å². The second-order valence-corrected chi connectivity index (χ2v) is 7.49. The molecule has 0 aliphatic heterocycles. The van der Waals surface area contributed by atoms with Gasteiger partial charge in [-0.15, -0.1) is 11.3 Å². The quantitative estimate of drug-likeness (QED) is 0.866. The van der Waals surface area contributed by atoms with Gasteiger partial charge in [0.1, 0.15) is 5.82 Å². The van der Waals surface area contributed by atoms with Gasteiger partial charge in [-0.05, 0) is 24.6 Å². The Morgan fingerprint density at radius 1 is 1.43 bits per heavy atom. The number of rotatable bonds is 5. The maximum Gasteiger partial charge on any atom is 0.234 e. The summed E-state index contributed by atoms with van der Waals surface area (Å²) < 4.78 is 27.0. The fraction of sp³-hybridized carbons (Fsp3) is 0.167. The topological polar surface area (TPSA) is 98.0 Å². The van der Waals surface area contributed by atoms with Gasteiger partial charge in [-0.3, -0.25) is 4.98 Å². The standard InChI is InChI=1S/C12H13ClN4O2S2/c1-8(10-2-3-11(13)20-10)7-21(18,19)17-6-9-12(14)16-5-4-15-9/h2-5,7,17H,6H2,1H3,(H2,14,16)/b8-7+. The molecule has 2 heterocycles. The monoisotopic (exact) mass is 344 g/mol. The van der Waals surface area contributed by atoms with Crippen molar-refractivity contribution >= 4 is 44.4 Å². The van der Waals surface area contributed by atoms with Crippen LogP contribution in [0.5, 0.6) is 0 Å². The predicted molar refractivity (Wildman–Crippen MR) is 85.2 cm³/mol. The summed E-state index contributed by atoms with van der Waals surface area (Å²) in [6.45, 7) is 1.69. The molecule has 0 bridgehead atoms. The van der Waals surface area contributed by atoms with Crippen molar-refractivity contribution in [1.82, 2.24) is 14.7 Å². The zero-order valence-corrected chi connectivity index (χ0v) is 13.5. The summed E-state index contributed by atoms with van der Waals surface area (Å²) in [6.07, 6.45) is 2.90. The largest absolute Gasteiger partial charge is 0.382 e. The molecule has 3 N–H and O–H groups in total. The molecule has 0 spiro atoms. The van der Waals surface area contributed by atoms with Crippen LogP contribution < -0.4 is 10.5 Å². The average Bonchev–Trinajstić information content (AvgIpc) is 2.84. The molecule has 2 aromatic heterocycles. The van der Waals surface area contributed by atoms with Crippen molar-refractivity contribution in [2.45, 2.75) is 13.5 Å². The van der Waals surface area contributed by atoms with Crippen LogP contribution in [-0.2, 0) is 16.6 Å². The highest BCUT2D eigenvalue weighted by Gasteiger charge is 2.11. The molecule has 0 radical (unpaired) electrons. The van der Waals surface area contributed by atoms with Crippen molar-refractivity contribution in [1.29, 1.82) is 0 Å². The van der Waals surface area contributed by atoms with E-state index in [4.69, 9.17) is 17.3 Å². The number of nitrogens with zero attached hydrogens (tertiary/aromatic N) is 2. The Bertz CT molecular complexity index is 771. The fourth-order valence-electron chi connectivity index (χ4n) is 1.54. The van der Waals surface area contributed by atoms with E-state index in [2.05, 4.69) is 14.7 Å². The summed E-state index contributed by atoms with van der Waals surface area (Å²) in [4.78, 5) is 8.61. The third kappa shape index (κ3) is 4.50. The Labute approximate surface area is 131 Å². The van der Waals surface area contributed by atoms with E-state index in [1.54, 1.807) is 19.1 Å². The summed E-state index contributed by atoms with van der Waals surface area (Å²) in [5, 5.41) is 1.15. The molecule has 0 aromatic carbocycles. The molecule has 0 saturated heterocycles. The summed E-state index contributed by atoms with van der Waals surface area (Å²) in [5.74, 6) is 0.200. The molecule has 0 unspecified atom stereocenters. The lowest BCUT2D eigenvalue weighted by atomic mass is 10.3. The number of halogens is 1. The first-order valence-corrected chi connectivity index (χ1v) is 8.60. The maximum absolute atomic E-state index is 12.0. The molecule has 21 heavy (non-hydrogen) atoms. The van der Waals surface area contributed by atoms with E-state index < -0.39 is 10.0 Å². The minimum absolute atomic E-state index is 0.0169. The van der Waals surface area contributed by atoms with Crippen molar-refractivity contribution in [2.75, 3.05) is 5.73 Å². The number of anilines is 1. The molecule has 2 aromatic rings. The van der Waals surface area contributed by atoms with Gasteiger partial charge in [0.25, 0.3) is 0 Å². The van der Waals surface area contributed by atoms with E-state index in [9.17, 15) is 8.42 Å². The van der Waals surface area contributed by atoms with Gasteiger partial charge < -0.3 is 5.73 Å². The molecule has 0 atom stereocenters. The third-order valence-corrected chi connectivity index (χ3v) is 5.12. The van der Waals surface area contributed by atoms with Crippen molar-refractivity contribution in [3.05, 3.63) is 44.8 Å². The molecule has 0 aliphatic rings. The number of hydrogen-bond donors (Lipinski definition) is 2. The Morgan fingerprint density at radius 2 is 2.14 bits per heavy atom. The molecule has 9 heteroatoms. The lowest BCUT2D eigenvalue weighted by Crippen LogP contribution is -2.22. The maximum atomic E-state index is 12.0. The average molecular weight is 345 g/mol. The Balaban J connectivity index is 2.10. The van der Waals surface area contributed by atoms with Crippen molar-refractivity contribution in [2.24, 2.45) is 0 Å². The summed E-state index contributed by atoms with van der Waals surface area (Å²) in [6, 6.07) is 3.49. The number of nitrogen functional groups attached to an aromatic ring is 1. The molecular weight excluding hydrogens is 332 g/mol. The van der Waals surface area contributed by atoms with E-state index in [-0.39, 0.29) is 12.4 Å². The molecule has 0 amide bonds. The number of sulfonamides is 1. The minimum atomic E-state index is -3.61. The van der Waals surface area contributed by atoms with Gasteiger partial charge in [-0.25, -0.2) is 18.1 Å². The van der Waals surface area contributed by atoms with Crippen LogP contribution in [0.15, 0.2) is 29.9 Å². The molecular formula is C12H13ClN4O2S2. The van der Waals surface area contributed by atoms with Gasteiger partial charge in [0.15, 0.2) is 0 Å². The number of hydrogen-bond acceptors (Lipinski definition) is 6. The molecule has 0 saturated carbocycles. The first kappa shape index (κ1) is 15.9. The smallest absolute Gasteiger partial charge is 0.234 e. The first-order valence-electron chi connectivity index (χ1n) is 5.86. The van der Waals surface area contributed by atoms with Crippen LogP contribution in [0.25, 0.3) is 5.57 Å². The predicted octanol–water partition coefficient (Wildman–Crippen LogP) is 2.25. The highest BCUT2D eigenvalue weighted by Crippen LogP contribution is 2.27. The Hall–Kier alpha value is -1.48. The highest BCUT2D eigenvalue weighted by molar-refractivity contribution is 7.92. The van der Waals surface area contributed by atoms with Crippen LogP contribution in [0.1, 0.15) is 17.5 Å². The van der Waals surface area contributed by atoms with Crippen LogP contribution >= 0.6 is 22.9 Å². The van der Waals surface area contributed by atoms with E-state index in [0.717, 1.165) is 10.3 Å². The Morgan fingerprint density at radius 3 is 2.76 bits per heavy atom. The molecule has 6 nitrogen and oxygen atoms in total. The van der Waals surface area contributed by atoms with Crippen molar-refractivity contribution < 1.29 is 8.42 Å². The van der Waals surface area contributed by atoms with Crippen LogP contribution in [0, 0.1) is 0 Å². The van der Waals surface area contributed by atoms with Crippen molar-refractivity contribution in [3.8, 4) is 0 Å². The summed E-state index contributed by atoms with van der Waals surface area (Å²) in [7, 11) is -3.61. The third-order valence-electron chi connectivity index (χ3n) is 2.54. The molecule has 0 aliphatic carbocycles. The molecule has 0 fully saturated rings. The second kappa shape index (κ2) is 6.52. The lowest BCUT2D eigenvalue weighted by Gasteiger charge is -2.05. The van der Waals surface area contributed by atoms with Crippen LogP contribution in [0.2, 0.25) is 4.34 Å². The van der Waals surface area contributed by atoms with E-state index in [1.807, 2.05) is 0 Å². The Kier molecular flexibility index (Phi) is 4.94. The first-order chi connectivity index (χ1) is 9.87. The second-order valence-electron chi connectivity index (χ2n) is 4.16. The number of allylic oxidation sites excluding steroid dienone is 1. The zero-order valence-electron chi connectivity index (χ0n) is 11.1. The van der Waals surface area contributed by atoms with Crippen LogP contribution in [0.4, 0.5) is 5.82 Å². The summed E-state index contributed by atoms with van der Waals surface area (Å²) in [5.41, 5.74) is 6.59. The number of thiophene rings is 1. The lowest BCUT2D eigenvalue weighted by molar-refractivity contribution is 0.590. The van der Waals surface area contributed by atoms with Gasteiger partial charge in [0.05, 0.1) is 22.0 Å². The van der Waals surface area contributed by atoms with E-state index in [1.165, 1.54) is 23.7 Å². The van der Waals surface area contributed by atoms with Gasteiger partial charge in [-0.1, -0.05) is 11.6 Å². The van der Waals surface area contributed by atoms with E-state index >= 15 is 0 Å². The van der Waals surface area contributed by atoms with Gasteiger partial charge in [0, 0.05) is 17.3 Å². The van der Waals surface area contributed by atoms with Gasteiger partial charge >= 0.3 is 0 Å². The fourth-order valence-corrected chi connectivity index (χ4v) is 3.64. The van der Waals surface area contributed by atoms with Gasteiger partial charge in [-0.2, -0.15) is 0 Å². The number of nitrogens with one attached hydrogen (secondary N) is 1. The zero-order chi connectivity index (χ0) is 15.5. The number of aromatic nitrogens is 2. The summed E-state index contributed by atoms with van der Waals surface area (Å²) >= 11 is 7.15. The van der Waals surface area contributed by atoms with E-state index in [0.29, 0.717) is 15.6 Å². The normalized spacial score (nSPS) is 12.6.